The highest BCUT2D eigenvalue weighted by atomic mass is 79.9. The number of hydrogen-bond acceptors (Lipinski definition) is 3. The second-order valence-electron chi connectivity index (χ2n) is 4.33. The lowest BCUT2D eigenvalue weighted by Gasteiger charge is -2.28. The van der Waals surface area contributed by atoms with Crippen LogP contribution in [0, 0.1) is 0 Å². The van der Waals surface area contributed by atoms with E-state index in [4.69, 9.17) is 4.74 Å². The molecule has 0 aromatic carbocycles. The maximum Gasteiger partial charge on any atom is 0.0594 e. The summed E-state index contributed by atoms with van der Waals surface area (Å²) in [7, 11) is 2.20. The molecule has 1 aliphatic heterocycles. The van der Waals surface area contributed by atoms with Crippen LogP contribution < -0.4 is 0 Å². The summed E-state index contributed by atoms with van der Waals surface area (Å²) in [6.45, 7) is 9.73. The lowest BCUT2D eigenvalue weighted by molar-refractivity contribution is 0.0345. The molecule has 3 nitrogen and oxygen atoms in total. The van der Waals surface area contributed by atoms with Crippen LogP contribution in [0.2, 0.25) is 0 Å². The Labute approximate surface area is 102 Å². The summed E-state index contributed by atoms with van der Waals surface area (Å²) in [5, 5.41) is 0. The molecule has 1 heterocycles. The topological polar surface area (TPSA) is 15.7 Å². The molecule has 0 aliphatic carbocycles. The third-order valence-corrected chi connectivity index (χ3v) is 3.27. The molecule has 90 valence electrons. The monoisotopic (exact) mass is 278 g/mol. The van der Waals surface area contributed by atoms with Gasteiger partial charge in [-0.1, -0.05) is 22.9 Å². The highest BCUT2D eigenvalue weighted by Gasteiger charge is 2.10. The van der Waals surface area contributed by atoms with Crippen molar-refractivity contribution in [3.63, 3.8) is 0 Å². The summed E-state index contributed by atoms with van der Waals surface area (Å²) in [4.78, 5) is 5.52. The van der Waals surface area contributed by atoms with Gasteiger partial charge in [0, 0.05) is 31.0 Å². The van der Waals surface area contributed by atoms with Gasteiger partial charge in [-0.15, -0.1) is 0 Å². The lowest BCUT2D eigenvalue weighted by atomic mass is 10.3. The third kappa shape index (κ3) is 6.51. The first kappa shape index (κ1) is 13.4. The molecule has 4 heteroatoms. The van der Waals surface area contributed by atoms with E-state index < -0.39 is 0 Å². The zero-order valence-corrected chi connectivity index (χ0v) is 11.5. The van der Waals surface area contributed by atoms with E-state index in [9.17, 15) is 0 Å². The minimum atomic E-state index is 0.628. The van der Waals surface area contributed by atoms with E-state index >= 15 is 0 Å². The Bertz CT molecular complexity index is 161. The summed E-state index contributed by atoms with van der Waals surface area (Å²) in [5.41, 5.74) is 0. The maximum absolute atomic E-state index is 5.32. The molecule has 0 bridgehead atoms. The van der Waals surface area contributed by atoms with E-state index in [-0.39, 0.29) is 0 Å². The van der Waals surface area contributed by atoms with Crippen LogP contribution >= 0.6 is 15.9 Å². The van der Waals surface area contributed by atoms with Crippen molar-refractivity contribution in [3.05, 3.63) is 0 Å². The first-order chi connectivity index (χ1) is 7.18. The van der Waals surface area contributed by atoms with Gasteiger partial charge in [-0.05, 0) is 20.0 Å². The van der Waals surface area contributed by atoms with Crippen molar-refractivity contribution in [2.45, 2.75) is 18.2 Å². The normalized spacial score (nSPS) is 20.8. The highest BCUT2D eigenvalue weighted by Crippen LogP contribution is 2.04. The summed E-state index contributed by atoms with van der Waals surface area (Å²) >= 11 is 3.58. The van der Waals surface area contributed by atoms with Gasteiger partial charge in [0.1, 0.15) is 0 Å². The molecule has 0 amide bonds. The van der Waals surface area contributed by atoms with Crippen LogP contribution in [-0.4, -0.2) is 67.6 Å². The van der Waals surface area contributed by atoms with Crippen molar-refractivity contribution in [1.82, 2.24) is 9.80 Å². The van der Waals surface area contributed by atoms with Crippen LogP contribution in [0.15, 0.2) is 0 Å². The average Bonchev–Trinajstić information content (AvgIpc) is 2.25. The van der Waals surface area contributed by atoms with Gasteiger partial charge < -0.3 is 9.64 Å². The quantitative estimate of drug-likeness (QED) is 0.684. The molecule has 1 atom stereocenters. The van der Waals surface area contributed by atoms with E-state index in [0.717, 1.165) is 26.3 Å². The fraction of sp³-hybridized carbons (Fsp3) is 1.00. The Hall–Kier alpha value is 0.360. The van der Waals surface area contributed by atoms with Crippen LogP contribution in [0.1, 0.15) is 13.3 Å². The number of likely N-dealkylation sites (N-methyl/N-ethyl adjacent to an activating group) is 1. The van der Waals surface area contributed by atoms with E-state index in [1.807, 2.05) is 0 Å². The smallest absolute Gasteiger partial charge is 0.0594 e. The molecule has 0 radical (unpaired) electrons. The Kier molecular flexibility index (Phi) is 6.81. The molecule has 1 saturated heterocycles. The number of ether oxygens (including phenoxy) is 1. The summed E-state index contributed by atoms with van der Waals surface area (Å²) in [6.07, 6.45) is 1.22. The summed E-state index contributed by atoms with van der Waals surface area (Å²) in [6, 6.07) is 0. The van der Waals surface area contributed by atoms with Gasteiger partial charge in [0.2, 0.25) is 0 Å². The van der Waals surface area contributed by atoms with Crippen molar-refractivity contribution in [3.8, 4) is 0 Å². The van der Waals surface area contributed by atoms with Crippen molar-refractivity contribution < 1.29 is 4.74 Å². The highest BCUT2D eigenvalue weighted by molar-refractivity contribution is 9.09. The molecule has 15 heavy (non-hydrogen) atoms. The summed E-state index contributed by atoms with van der Waals surface area (Å²) < 4.78 is 5.32. The molecule has 0 aromatic heterocycles. The molecule has 1 rings (SSSR count). The average molecular weight is 279 g/mol. The number of rotatable bonds is 6. The van der Waals surface area contributed by atoms with Gasteiger partial charge in [-0.2, -0.15) is 0 Å². The van der Waals surface area contributed by atoms with Crippen molar-refractivity contribution >= 4 is 15.9 Å². The molecule has 1 aliphatic rings. The van der Waals surface area contributed by atoms with Gasteiger partial charge in [-0.3, -0.25) is 4.90 Å². The molecule has 0 saturated carbocycles. The van der Waals surface area contributed by atoms with Gasteiger partial charge in [-0.25, -0.2) is 0 Å². The molecule has 1 unspecified atom stereocenters. The van der Waals surface area contributed by atoms with E-state index in [0.29, 0.717) is 4.83 Å². The van der Waals surface area contributed by atoms with Crippen LogP contribution in [0.4, 0.5) is 0 Å². The van der Waals surface area contributed by atoms with E-state index in [2.05, 4.69) is 39.7 Å². The van der Waals surface area contributed by atoms with E-state index in [1.54, 1.807) is 0 Å². The summed E-state index contributed by atoms with van der Waals surface area (Å²) in [5.74, 6) is 0. The van der Waals surface area contributed by atoms with Crippen LogP contribution in [0.5, 0.6) is 0 Å². The third-order valence-electron chi connectivity index (χ3n) is 2.81. The zero-order chi connectivity index (χ0) is 11.1. The number of morpholine rings is 1. The number of nitrogens with zero attached hydrogens (tertiary/aromatic N) is 2. The first-order valence-electron chi connectivity index (χ1n) is 5.81. The fourth-order valence-corrected chi connectivity index (χ4v) is 1.85. The SMILES string of the molecule is CC(Br)CCN(C)CCN1CCOCC1. The second kappa shape index (κ2) is 7.60. The van der Waals surface area contributed by atoms with Crippen LogP contribution in [-0.2, 0) is 4.74 Å². The number of halogens is 1. The molecular formula is C11H23BrN2O. The Balaban J connectivity index is 2.02. The van der Waals surface area contributed by atoms with Gasteiger partial charge in [0.15, 0.2) is 0 Å². The fourth-order valence-electron chi connectivity index (χ4n) is 1.65. The first-order valence-corrected chi connectivity index (χ1v) is 6.73. The molecule has 0 N–H and O–H groups in total. The predicted octanol–water partition coefficient (Wildman–Crippen LogP) is 1.42. The number of alkyl halides is 1. The second-order valence-corrected chi connectivity index (χ2v) is 5.89. The maximum atomic E-state index is 5.32. The van der Waals surface area contributed by atoms with Gasteiger partial charge >= 0.3 is 0 Å². The molecular weight excluding hydrogens is 256 g/mol. The Morgan fingerprint density at radius 3 is 2.60 bits per heavy atom. The minimum Gasteiger partial charge on any atom is -0.379 e. The largest absolute Gasteiger partial charge is 0.379 e. The zero-order valence-electron chi connectivity index (χ0n) is 9.91. The Morgan fingerprint density at radius 2 is 2.00 bits per heavy atom. The van der Waals surface area contributed by atoms with Crippen molar-refractivity contribution in [1.29, 1.82) is 0 Å². The molecule has 0 spiro atoms. The van der Waals surface area contributed by atoms with E-state index in [1.165, 1.54) is 26.1 Å². The minimum absolute atomic E-state index is 0.628. The van der Waals surface area contributed by atoms with Crippen molar-refractivity contribution in [2.75, 3.05) is 53.0 Å². The van der Waals surface area contributed by atoms with Crippen molar-refractivity contribution in [2.24, 2.45) is 0 Å². The van der Waals surface area contributed by atoms with Crippen LogP contribution in [0.25, 0.3) is 0 Å². The standard InChI is InChI=1S/C11H23BrN2O/c1-11(12)3-4-13(2)5-6-14-7-9-15-10-8-14/h11H,3-10H2,1-2H3. The van der Waals surface area contributed by atoms with Gasteiger partial charge in [0.05, 0.1) is 13.2 Å². The number of hydrogen-bond donors (Lipinski definition) is 0. The van der Waals surface area contributed by atoms with Crippen LogP contribution in [0.3, 0.4) is 0 Å². The predicted molar refractivity (Wildman–Crippen MR) is 67.8 cm³/mol. The van der Waals surface area contributed by atoms with Gasteiger partial charge in [0.25, 0.3) is 0 Å². The molecule has 0 aromatic rings. The molecule has 1 fully saturated rings. The lowest BCUT2D eigenvalue weighted by Crippen LogP contribution is -2.40. The Morgan fingerprint density at radius 1 is 1.33 bits per heavy atom.